The highest BCUT2D eigenvalue weighted by atomic mass is 79.9. The van der Waals surface area contributed by atoms with E-state index in [1.54, 1.807) is 0 Å². The number of hydrogen-bond acceptors (Lipinski definition) is 4. The van der Waals surface area contributed by atoms with Crippen molar-refractivity contribution in [1.82, 2.24) is 10.3 Å². The van der Waals surface area contributed by atoms with Crippen LogP contribution in [0.2, 0.25) is 0 Å². The van der Waals surface area contributed by atoms with Crippen molar-refractivity contribution in [3.8, 4) is 0 Å². The Balaban J connectivity index is 1.57. The number of nitrogens with zero attached hydrogens (tertiary/aromatic N) is 1. The number of rotatable bonds is 4. The molecule has 1 aromatic carbocycles. The van der Waals surface area contributed by atoms with Crippen molar-refractivity contribution in [3.05, 3.63) is 28.6 Å². The summed E-state index contributed by atoms with van der Waals surface area (Å²) in [5.74, 6) is 0.746. The van der Waals surface area contributed by atoms with Gasteiger partial charge in [0.25, 0.3) is 0 Å². The normalized spacial score (nSPS) is 17.1. The Labute approximate surface area is 120 Å². The summed E-state index contributed by atoms with van der Waals surface area (Å²) in [6.45, 7) is 2.79. The fourth-order valence-corrected chi connectivity index (χ4v) is 2.78. The molecule has 1 saturated heterocycles. The summed E-state index contributed by atoms with van der Waals surface area (Å²) in [6, 6.07) is 5.88. The lowest BCUT2D eigenvalue weighted by Crippen LogP contribution is -2.32. The summed E-state index contributed by atoms with van der Waals surface area (Å²) >= 11 is 3.47. The van der Waals surface area contributed by atoms with Crippen LogP contribution < -0.4 is 5.32 Å². The smallest absolute Gasteiger partial charge is 0.197 e. The second kappa shape index (κ2) is 6.03. The van der Waals surface area contributed by atoms with Gasteiger partial charge in [0.15, 0.2) is 11.5 Å². The van der Waals surface area contributed by atoms with Crippen molar-refractivity contribution in [1.29, 1.82) is 0 Å². The summed E-state index contributed by atoms with van der Waals surface area (Å²) in [4.78, 5) is 4.47. The van der Waals surface area contributed by atoms with Crippen molar-refractivity contribution in [2.24, 2.45) is 0 Å². The molecule has 0 spiro atoms. The molecule has 0 radical (unpaired) electrons. The third-order valence-corrected chi connectivity index (χ3v) is 3.99. The molecule has 1 aromatic heterocycles. The van der Waals surface area contributed by atoms with Crippen LogP contribution in [0.25, 0.3) is 11.1 Å². The molecule has 2 heterocycles. The Bertz CT molecular complexity index is 549. The van der Waals surface area contributed by atoms with Crippen LogP contribution in [-0.2, 0) is 11.2 Å². The first-order valence-electron chi connectivity index (χ1n) is 6.69. The molecule has 0 amide bonds. The van der Waals surface area contributed by atoms with Crippen LogP contribution in [0.15, 0.2) is 27.1 Å². The van der Waals surface area contributed by atoms with Crippen LogP contribution in [0.5, 0.6) is 0 Å². The third kappa shape index (κ3) is 3.16. The maximum Gasteiger partial charge on any atom is 0.197 e. The van der Waals surface area contributed by atoms with E-state index in [-0.39, 0.29) is 0 Å². The SMILES string of the molecule is Brc1cccc2nc(CCOC3CCNCC3)oc12. The zero-order valence-electron chi connectivity index (χ0n) is 10.7. The third-order valence-electron chi connectivity index (χ3n) is 3.37. The minimum atomic E-state index is 0.386. The van der Waals surface area contributed by atoms with E-state index in [4.69, 9.17) is 9.15 Å². The molecule has 1 N–H and O–H groups in total. The van der Waals surface area contributed by atoms with E-state index in [0.29, 0.717) is 12.7 Å². The first-order chi connectivity index (χ1) is 9.33. The van der Waals surface area contributed by atoms with Gasteiger partial charge in [0.1, 0.15) is 5.52 Å². The predicted octanol–water partition coefficient (Wildman–Crippen LogP) is 2.90. The lowest BCUT2D eigenvalue weighted by Gasteiger charge is -2.22. The number of oxazole rings is 1. The zero-order valence-corrected chi connectivity index (χ0v) is 12.3. The van der Waals surface area contributed by atoms with Crippen molar-refractivity contribution in [2.75, 3.05) is 19.7 Å². The van der Waals surface area contributed by atoms with Gasteiger partial charge in [-0.25, -0.2) is 4.98 Å². The van der Waals surface area contributed by atoms with Crippen molar-refractivity contribution in [2.45, 2.75) is 25.4 Å². The molecule has 1 aliphatic rings. The summed E-state index contributed by atoms with van der Waals surface area (Å²) in [6.07, 6.45) is 3.31. The fourth-order valence-electron chi connectivity index (χ4n) is 2.34. The molecule has 1 aliphatic heterocycles. The van der Waals surface area contributed by atoms with Crippen molar-refractivity contribution < 1.29 is 9.15 Å². The van der Waals surface area contributed by atoms with Crippen LogP contribution in [-0.4, -0.2) is 30.8 Å². The van der Waals surface area contributed by atoms with Crippen LogP contribution in [0.1, 0.15) is 18.7 Å². The number of fused-ring (bicyclic) bond motifs is 1. The van der Waals surface area contributed by atoms with Gasteiger partial charge < -0.3 is 14.5 Å². The Morgan fingerprint density at radius 1 is 1.37 bits per heavy atom. The van der Waals surface area contributed by atoms with Gasteiger partial charge in [0.05, 0.1) is 17.2 Å². The van der Waals surface area contributed by atoms with E-state index in [1.807, 2.05) is 18.2 Å². The number of aromatic nitrogens is 1. The highest BCUT2D eigenvalue weighted by molar-refractivity contribution is 9.10. The lowest BCUT2D eigenvalue weighted by molar-refractivity contribution is 0.0328. The van der Waals surface area contributed by atoms with E-state index in [1.165, 1.54) is 0 Å². The predicted molar refractivity (Wildman–Crippen MR) is 77.3 cm³/mol. The molecule has 4 nitrogen and oxygen atoms in total. The standard InChI is InChI=1S/C14H17BrN2O2/c15-11-2-1-3-12-14(11)19-13(17-12)6-9-18-10-4-7-16-8-5-10/h1-3,10,16H,4-9H2. The lowest BCUT2D eigenvalue weighted by atomic mass is 10.1. The van der Waals surface area contributed by atoms with Gasteiger partial charge in [-0.1, -0.05) is 6.07 Å². The van der Waals surface area contributed by atoms with E-state index in [9.17, 15) is 0 Å². The minimum Gasteiger partial charge on any atom is -0.439 e. The monoisotopic (exact) mass is 324 g/mol. The van der Waals surface area contributed by atoms with Gasteiger partial charge in [-0.15, -0.1) is 0 Å². The number of piperidine rings is 1. The van der Waals surface area contributed by atoms with Gasteiger partial charge in [0.2, 0.25) is 0 Å². The molecule has 0 bridgehead atoms. The number of para-hydroxylation sites is 1. The molecule has 0 atom stereocenters. The molecule has 3 rings (SSSR count). The fraction of sp³-hybridized carbons (Fsp3) is 0.500. The van der Waals surface area contributed by atoms with Gasteiger partial charge in [-0.2, -0.15) is 0 Å². The van der Waals surface area contributed by atoms with Gasteiger partial charge in [-0.3, -0.25) is 0 Å². The van der Waals surface area contributed by atoms with E-state index < -0.39 is 0 Å². The summed E-state index contributed by atoms with van der Waals surface area (Å²) < 4.78 is 12.5. The first-order valence-corrected chi connectivity index (χ1v) is 7.48. The topological polar surface area (TPSA) is 47.3 Å². The molecule has 1 fully saturated rings. The zero-order chi connectivity index (χ0) is 13.1. The number of hydrogen-bond donors (Lipinski definition) is 1. The van der Waals surface area contributed by atoms with Crippen LogP contribution >= 0.6 is 15.9 Å². The average molecular weight is 325 g/mol. The molecule has 0 saturated carbocycles. The molecule has 19 heavy (non-hydrogen) atoms. The van der Waals surface area contributed by atoms with Crippen LogP contribution in [0, 0.1) is 0 Å². The molecule has 2 aromatic rings. The number of benzene rings is 1. The molecule has 102 valence electrons. The van der Waals surface area contributed by atoms with E-state index in [0.717, 1.165) is 53.8 Å². The molecular weight excluding hydrogens is 308 g/mol. The Kier molecular flexibility index (Phi) is 4.15. The second-order valence-electron chi connectivity index (χ2n) is 4.77. The van der Waals surface area contributed by atoms with Crippen molar-refractivity contribution in [3.63, 3.8) is 0 Å². The number of ether oxygens (including phenoxy) is 1. The van der Waals surface area contributed by atoms with Crippen molar-refractivity contribution >= 4 is 27.0 Å². The Hall–Kier alpha value is -0.910. The highest BCUT2D eigenvalue weighted by Crippen LogP contribution is 2.24. The average Bonchev–Trinajstić information content (AvgIpc) is 2.84. The van der Waals surface area contributed by atoms with E-state index in [2.05, 4.69) is 26.2 Å². The van der Waals surface area contributed by atoms with Gasteiger partial charge >= 0.3 is 0 Å². The molecular formula is C14H17BrN2O2. The molecule has 5 heteroatoms. The summed E-state index contributed by atoms with van der Waals surface area (Å²) in [5.41, 5.74) is 1.71. The first kappa shape index (κ1) is 13.1. The second-order valence-corrected chi connectivity index (χ2v) is 5.62. The van der Waals surface area contributed by atoms with Crippen LogP contribution in [0.4, 0.5) is 0 Å². The number of halogens is 1. The summed E-state index contributed by atoms with van der Waals surface area (Å²) in [7, 11) is 0. The maximum atomic E-state index is 5.86. The van der Waals surface area contributed by atoms with E-state index >= 15 is 0 Å². The van der Waals surface area contributed by atoms with Gasteiger partial charge in [-0.05, 0) is 54.0 Å². The number of nitrogens with one attached hydrogen (secondary N) is 1. The molecule has 0 aliphatic carbocycles. The largest absolute Gasteiger partial charge is 0.439 e. The maximum absolute atomic E-state index is 5.86. The molecule has 0 unspecified atom stereocenters. The summed E-state index contributed by atoms with van der Waals surface area (Å²) in [5, 5.41) is 3.33. The Morgan fingerprint density at radius 2 is 2.21 bits per heavy atom. The Morgan fingerprint density at radius 3 is 3.00 bits per heavy atom. The quantitative estimate of drug-likeness (QED) is 0.939. The highest BCUT2D eigenvalue weighted by Gasteiger charge is 2.14. The minimum absolute atomic E-state index is 0.386. The van der Waals surface area contributed by atoms with Crippen LogP contribution in [0.3, 0.4) is 0 Å². The van der Waals surface area contributed by atoms with Gasteiger partial charge in [0, 0.05) is 6.42 Å².